The lowest BCUT2D eigenvalue weighted by Crippen LogP contribution is -2.52. The van der Waals surface area contributed by atoms with Crippen molar-refractivity contribution in [2.45, 2.75) is 45.3 Å². The highest BCUT2D eigenvalue weighted by molar-refractivity contribution is 7.11. The molecular weight excluding hydrogens is 276 g/mol. The van der Waals surface area contributed by atoms with Gasteiger partial charge in [-0.25, -0.2) is 4.98 Å². The van der Waals surface area contributed by atoms with Gasteiger partial charge in [-0.1, -0.05) is 20.8 Å². The molecule has 0 aromatic carbocycles. The van der Waals surface area contributed by atoms with Crippen LogP contribution in [-0.4, -0.2) is 52.8 Å². The molecule has 5 nitrogen and oxygen atoms in total. The number of aliphatic hydroxyl groups is 1. The number of hydrogen-bond acceptors (Lipinski definition) is 5. The Labute approximate surface area is 123 Å². The van der Waals surface area contributed by atoms with Crippen LogP contribution in [0, 0.1) is 0 Å². The normalized spacial score (nSPS) is 23.9. The fourth-order valence-corrected chi connectivity index (χ4v) is 3.23. The Morgan fingerprint density at radius 2 is 2.30 bits per heavy atom. The predicted octanol–water partition coefficient (Wildman–Crippen LogP) is 1.66. The van der Waals surface area contributed by atoms with Crippen molar-refractivity contribution in [1.29, 1.82) is 0 Å². The zero-order valence-corrected chi connectivity index (χ0v) is 13.2. The Morgan fingerprint density at radius 3 is 2.90 bits per heavy atom. The third-order valence-corrected chi connectivity index (χ3v) is 4.26. The van der Waals surface area contributed by atoms with Crippen LogP contribution in [0.15, 0.2) is 5.51 Å². The summed E-state index contributed by atoms with van der Waals surface area (Å²) in [5.41, 5.74) is 2.41. The molecule has 20 heavy (non-hydrogen) atoms. The van der Waals surface area contributed by atoms with Gasteiger partial charge in [-0.3, -0.25) is 4.79 Å². The molecule has 0 aliphatic carbocycles. The number of rotatable bonds is 2. The Hall–Kier alpha value is -0.980. The Kier molecular flexibility index (Phi) is 4.46. The first-order valence-electron chi connectivity index (χ1n) is 6.82. The Morgan fingerprint density at radius 1 is 1.60 bits per heavy atom. The van der Waals surface area contributed by atoms with Crippen LogP contribution in [0.1, 0.15) is 43.1 Å². The van der Waals surface area contributed by atoms with Crippen LogP contribution >= 0.6 is 11.3 Å². The van der Waals surface area contributed by atoms with Crippen LogP contribution in [0.25, 0.3) is 0 Å². The summed E-state index contributed by atoms with van der Waals surface area (Å²) in [6, 6.07) is 0.0141. The SMILES string of the molecule is CC1COC(CO)CN1C(=O)c1scnc1C(C)(C)C. The second-order valence-electron chi connectivity index (χ2n) is 6.22. The molecule has 1 aromatic heterocycles. The minimum Gasteiger partial charge on any atom is -0.394 e. The maximum atomic E-state index is 12.8. The number of hydrogen-bond donors (Lipinski definition) is 1. The van der Waals surface area contributed by atoms with E-state index in [1.807, 2.05) is 6.92 Å². The number of thiazole rings is 1. The zero-order valence-electron chi connectivity index (χ0n) is 12.4. The van der Waals surface area contributed by atoms with Gasteiger partial charge in [-0.05, 0) is 6.92 Å². The Bertz CT molecular complexity index is 481. The van der Waals surface area contributed by atoms with E-state index in [4.69, 9.17) is 4.74 Å². The van der Waals surface area contributed by atoms with E-state index in [0.717, 1.165) is 5.69 Å². The molecule has 0 saturated carbocycles. The lowest BCUT2D eigenvalue weighted by molar-refractivity contribution is -0.0666. The number of morpholine rings is 1. The van der Waals surface area contributed by atoms with Crippen LogP contribution in [0.5, 0.6) is 0 Å². The van der Waals surface area contributed by atoms with Crippen LogP contribution in [0.3, 0.4) is 0 Å². The average Bonchev–Trinajstić information content (AvgIpc) is 2.87. The van der Waals surface area contributed by atoms with Crippen molar-refractivity contribution >= 4 is 17.2 Å². The highest BCUT2D eigenvalue weighted by Crippen LogP contribution is 2.29. The van der Waals surface area contributed by atoms with Crippen molar-refractivity contribution < 1.29 is 14.6 Å². The number of aliphatic hydroxyl groups excluding tert-OH is 1. The summed E-state index contributed by atoms with van der Waals surface area (Å²) in [6.07, 6.45) is -0.291. The molecule has 2 atom stereocenters. The topological polar surface area (TPSA) is 62.7 Å². The number of carbonyl (C=O) groups excluding carboxylic acids is 1. The Balaban J connectivity index is 2.24. The summed E-state index contributed by atoms with van der Waals surface area (Å²) >= 11 is 1.38. The van der Waals surface area contributed by atoms with Gasteiger partial charge in [0, 0.05) is 12.0 Å². The quantitative estimate of drug-likeness (QED) is 0.902. The molecular formula is C14H22N2O3S. The average molecular weight is 298 g/mol. The van der Waals surface area contributed by atoms with Crippen LogP contribution in [0.4, 0.5) is 0 Å². The standard InChI is InChI=1S/C14H22N2O3S/c1-9-7-19-10(6-17)5-16(9)13(18)11-12(14(2,3)4)15-8-20-11/h8-10,17H,5-7H2,1-4H3. The van der Waals surface area contributed by atoms with Gasteiger partial charge in [-0.15, -0.1) is 11.3 Å². The van der Waals surface area contributed by atoms with Gasteiger partial charge in [0.2, 0.25) is 0 Å². The summed E-state index contributed by atoms with van der Waals surface area (Å²) in [4.78, 5) is 19.6. The third kappa shape index (κ3) is 3.02. The van der Waals surface area contributed by atoms with Gasteiger partial charge in [0.1, 0.15) is 4.88 Å². The van der Waals surface area contributed by atoms with Crippen molar-refractivity contribution in [1.82, 2.24) is 9.88 Å². The molecule has 0 bridgehead atoms. The van der Waals surface area contributed by atoms with Crippen LogP contribution in [0.2, 0.25) is 0 Å². The minimum atomic E-state index is -0.291. The van der Waals surface area contributed by atoms with Crippen LogP contribution < -0.4 is 0 Å². The molecule has 1 saturated heterocycles. The van der Waals surface area contributed by atoms with Gasteiger partial charge in [-0.2, -0.15) is 0 Å². The first-order valence-corrected chi connectivity index (χ1v) is 7.70. The molecule has 1 aliphatic heterocycles. The molecule has 1 fully saturated rings. The van der Waals surface area contributed by atoms with Gasteiger partial charge in [0.15, 0.2) is 0 Å². The smallest absolute Gasteiger partial charge is 0.266 e. The molecule has 1 N–H and O–H groups in total. The van der Waals surface area contributed by atoms with Crippen molar-refractivity contribution in [3.63, 3.8) is 0 Å². The lowest BCUT2D eigenvalue weighted by atomic mass is 9.91. The second-order valence-corrected chi connectivity index (χ2v) is 7.08. The molecule has 0 radical (unpaired) electrons. The van der Waals surface area contributed by atoms with Gasteiger partial charge in [0.05, 0.1) is 36.6 Å². The van der Waals surface area contributed by atoms with Crippen LogP contribution in [-0.2, 0) is 10.2 Å². The van der Waals surface area contributed by atoms with E-state index in [2.05, 4.69) is 25.8 Å². The molecule has 0 spiro atoms. The monoisotopic (exact) mass is 298 g/mol. The number of nitrogens with zero attached hydrogens (tertiary/aromatic N) is 2. The minimum absolute atomic E-state index is 0.00771. The zero-order chi connectivity index (χ0) is 14.9. The maximum Gasteiger partial charge on any atom is 0.266 e. The van der Waals surface area contributed by atoms with Crippen molar-refractivity contribution in [2.24, 2.45) is 0 Å². The highest BCUT2D eigenvalue weighted by atomic mass is 32.1. The lowest BCUT2D eigenvalue weighted by Gasteiger charge is -2.37. The van der Waals surface area contributed by atoms with Gasteiger partial charge >= 0.3 is 0 Å². The van der Waals surface area contributed by atoms with E-state index >= 15 is 0 Å². The first-order chi connectivity index (χ1) is 9.34. The summed E-state index contributed by atoms with van der Waals surface area (Å²) in [7, 11) is 0. The molecule has 1 aromatic rings. The molecule has 2 heterocycles. The number of aromatic nitrogens is 1. The van der Waals surface area contributed by atoms with E-state index in [-0.39, 0.29) is 30.1 Å². The predicted molar refractivity (Wildman–Crippen MR) is 78.1 cm³/mol. The number of carbonyl (C=O) groups is 1. The second kappa shape index (κ2) is 5.79. The molecule has 2 rings (SSSR count). The number of amides is 1. The molecule has 6 heteroatoms. The summed E-state index contributed by atoms with van der Waals surface area (Å²) in [5.74, 6) is -0.00771. The van der Waals surface area contributed by atoms with E-state index in [1.165, 1.54) is 11.3 Å². The molecule has 1 aliphatic rings. The maximum absolute atomic E-state index is 12.8. The molecule has 1 amide bonds. The summed E-state index contributed by atoms with van der Waals surface area (Å²) in [6.45, 7) is 8.95. The summed E-state index contributed by atoms with van der Waals surface area (Å²) < 4.78 is 5.48. The highest BCUT2D eigenvalue weighted by Gasteiger charge is 2.33. The van der Waals surface area contributed by atoms with Gasteiger partial charge < -0.3 is 14.7 Å². The third-order valence-electron chi connectivity index (χ3n) is 3.44. The van der Waals surface area contributed by atoms with Crippen molar-refractivity contribution in [3.8, 4) is 0 Å². The van der Waals surface area contributed by atoms with Crippen molar-refractivity contribution in [2.75, 3.05) is 19.8 Å². The fourth-order valence-electron chi connectivity index (χ4n) is 2.27. The largest absolute Gasteiger partial charge is 0.394 e. The van der Waals surface area contributed by atoms with E-state index in [0.29, 0.717) is 18.0 Å². The van der Waals surface area contributed by atoms with E-state index in [1.54, 1.807) is 10.4 Å². The fraction of sp³-hybridized carbons (Fsp3) is 0.714. The molecule has 2 unspecified atom stereocenters. The van der Waals surface area contributed by atoms with E-state index < -0.39 is 0 Å². The summed E-state index contributed by atoms with van der Waals surface area (Å²) in [5, 5.41) is 9.22. The molecule has 112 valence electrons. The number of ether oxygens (including phenoxy) is 1. The first kappa shape index (κ1) is 15.4. The van der Waals surface area contributed by atoms with Crippen molar-refractivity contribution in [3.05, 3.63) is 16.1 Å². The van der Waals surface area contributed by atoms with E-state index in [9.17, 15) is 9.90 Å². The van der Waals surface area contributed by atoms with Gasteiger partial charge in [0.25, 0.3) is 5.91 Å².